The third-order valence-corrected chi connectivity index (χ3v) is 3.91. The molecule has 1 atom stereocenters. The molecule has 1 heterocycles. The molecule has 0 aliphatic carbocycles. The number of nitrogens with one attached hydrogen (secondary N) is 2. The summed E-state index contributed by atoms with van der Waals surface area (Å²) in [5, 5.41) is 5.53. The first-order valence-corrected chi connectivity index (χ1v) is 7.44. The highest BCUT2D eigenvalue weighted by molar-refractivity contribution is 9.10. The van der Waals surface area contributed by atoms with Gasteiger partial charge in [0.15, 0.2) is 0 Å². The van der Waals surface area contributed by atoms with Crippen molar-refractivity contribution in [3.05, 3.63) is 28.7 Å². The molecule has 2 N–H and O–H groups in total. The summed E-state index contributed by atoms with van der Waals surface area (Å²) in [6.07, 6.45) is 0.578. The zero-order valence-electron chi connectivity index (χ0n) is 11.6. The number of hydrogen-bond acceptors (Lipinski definition) is 4. The van der Waals surface area contributed by atoms with Crippen LogP contribution >= 0.6 is 15.9 Å². The zero-order chi connectivity index (χ0) is 15.4. The maximum atomic E-state index is 12.1. The van der Waals surface area contributed by atoms with Crippen LogP contribution in [-0.2, 0) is 14.4 Å². The lowest BCUT2D eigenvalue weighted by Gasteiger charge is -2.30. The molecule has 1 aliphatic rings. The average molecular weight is 354 g/mol. The van der Waals surface area contributed by atoms with E-state index in [0.717, 1.165) is 9.37 Å². The third kappa shape index (κ3) is 3.68. The summed E-state index contributed by atoms with van der Waals surface area (Å²) in [5.41, 5.74) is 0.601. The third-order valence-electron chi connectivity index (χ3n) is 3.22. The molecule has 112 valence electrons. The number of benzene rings is 1. The molecular formula is C14H16BrN3O3. The van der Waals surface area contributed by atoms with Crippen molar-refractivity contribution in [2.45, 2.75) is 19.4 Å². The summed E-state index contributed by atoms with van der Waals surface area (Å²) in [6.45, 7) is 1.66. The quantitative estimate of drug-likeness (QED) is 0.795. The van der Waals surface area contributed by atoms with Crippen molar-refractivity contribution < 1.29 is 14.4 Å². The maximum absolute atomic E-state index is 12.1. The molecule has 1 aromatic rings. The topological polar surface area (TPSA) is 78.5 Å². The van der Waals surface area contributed by atoms with Crippen LogP contribution in [0, 0.1) is 0 Å². The maximum Gasteiger partial charge on any atom is 0.246 e. The van der Waals surface area contributed by atoms with Crippen molar-refractivity contribution in [1.29, 1.82) is 0 Å². The highest BCUT2D eigenvalue weighted by Crippen LogP contribution is 2.21. The minimum atomic E-state index is -0.404. The number of halogens is 1. The lowest BCUT2D eigenvalue weighted by Crippen LogP contribution is -2.59. The molecule has 1 saturated heterocycles. The second-order valence-corrected chi connectivity index (χ2v) is 5.54. The van der Waals surface area contributed by atoms with E-state index in [1.165, 1.54) is 0 Å². The molecule has 0 aromatic heterocycles. The van der Waals surface area contributed by atoms with Crippen molar-refractivity contribution in [3.8, 4) is 0 Å². The van der Waals surface area contributed by atoms with Crippen LogP contribution in [0.5, 0.6) is 0 Å². The van der Waals surface area contributed by atoms with Crippen molar-refractivity contribution in [2.75, 3.05) is 18.4 Å². The Kier molecular flexibility index (Phi) is 5.08. The van der Waals surface area contributed by atoms with Gasteiger partial charge < -0.3 is 5.32 Å². The molecule has 1 fully saturated rings. The van der Waals surface area contributed by atoms with Crippen molar-refractivity contribution in [3.63, 3.8) is 0 Å². The van der Waals surface area contributed by atoms with E-state index in [4.69, 9.17) is 0 Å². The SMILES string of the molecule is CCC1NCC(=O)N(CC(=O)Nc2ccccc2Br)C1=O. The largest absolute Gasteiger partial charge is 0.324 e. The fourth-order valence-electron chi connectivity index (χ4n) is 2.09. The standard InChI is InChI=1S/C14H16BrN3O3/c1-2-10-14(21)18(13(20)7-16-10)8-12(19)17-11-6-4-3-5-9(11)15/h3-6,10,16H,2,7-8H2,1H3,(H,17,19). The minimum absolute atomic E-state index is 0.0760. The molecule has 21 heavy (non-hydrogen) atoms. The Bertz CT molecular complexity index is 576. The smallest absolute Gasteiger partial charge is 0.246 e. The van der Waals surface area contributed by atoms with E-state index < -0.39 is 11.9 Å². The van der Waals surface area contributed by atoms with Gasteiger partial charge in [0, 0.05) is 4.47 Å². The first kappa shape index (κ1) is 15.7. The lowest BCUT2D eigenvalue weighted by molar-refractivity contribution is -0.151. The van der Waals surface area contributed by atoms with Crippen LogP contribution in [0.15, 0.2) is 28.7 Å². The number of imide groups is 1. The van der Waals surface area contributed by atoms with Crippen LogP contribution in [0.25, 0.3) is 0 Å². The molecule has 1 aliphatic heterocycles. The van der Waals surface area contributed by atoms with E-state index in [2.05, 4.69) is 26.6 Å². The van der Waals surface area contributed by atoms with Gasteiger partial charge in [-0.05, 0) is 34.5 Å². The number of carbonyl (C=O) groups is 3. The number of amides is 3. The van der Waals surface area contributed by atoms with Crippen LogP contribution in [0.4, 0.5) is 5.69 Å². The number of hydrogen-bond donors (Lipinski definition) is 2. The van der Waals surface area contributed by atoms with E-state index in [1.54, 1.807) is 18.2 Å². The van der Waals surface area contributed by atoms with Crippen LogP contribution in [0.1, 0.15) is 13.3 Å². The van der Waals surface area contributed by atoms with Gasteiger partial charge in [-0.3, -0.25) is 24.6 Å². The lowest BCUT2D eigenvalue weighted by atomic mass is 10.1. The Morgan fingerprint density at radius 2 is 2.14 bits per heavy atom. The second kappa shape index (κ2) is 6.82. The van der Waals surface area contributed by atoms with E-state index >= 15 is 0 Å². The summed E-state index contributed by atoms with van der Waals surface area (Å²) in [5.74, 6) is -1.14. The molecule has 0 bridgehead atoms. The van der Waals surface area contributed by atoms with Crippen LogP contribution in [0.3, 0.4) is 0 Å². The van der Waals surface area contributed by atoms with E-state index in [0.29, 0.717) is 12.1 Å². The Morgan fingerprint density at radius 3 is 2.81 bits per heavy atom. The summed E-state index contributed by atoms with van der Waals surface area (Å²) in [4.78, 5) is 36.9. The first-order valence-electron chi connectivity index (χ1n) is 6.65. The van der Waals surface area contributed by atoms with Crippen molar-refractivity contribution >= 4 is 39.3 Å². The number of anilines is 1. The fourth-order valence-corrected chi connectivity index (χ4v) is 2.47. The van der Waals surface area contributed by atoms with E-state index in [-0.39, 0.29) is 24.9 Å². The van der Waals surface area contributed by atoms with Gasteiger partial charge in [-0.15, -0.1) is 0 Å². The zero-order valence-corrected chi connectivity index (χ0v) is 13.1. The fraction of sp³-hybridized carbons (Fsp3) is 0.357. The molecule has 3 amide bonds. The molecule has 0 saturated carbocycles. The van der Waals surface area contributed by atoms with Crippen molar-refractivity contribution in [1.82, 2.24) is 10.2 Å². The number of piperazine rings is 1. The van der Waals surface area contributed by atoms with Crippen molar-refractivity contribution in [2.24, 2.45) is 0 Å². The van der Waals surface area contributed by atoms with Gasteiger partial charge in [0.05, 0.1) is 18.3 Å². The summed E-state index contributed by atoms with van der Waals surface area (Å²) in [7, 11) is 0. The van der Waals surface area contributed by atoms with Crippen LogP contribution in [-0.4, -0.2) is 41.8 Å². The molecular weight excluding hydrogens is 338 g/mol. The van der Waals surface area contributed by atoms with Gasteiger partial charge in [-0.2, -0.15) is 0 Å². The molecule has 0 radical (unpaired) electrons. The normalized spacial score (nSPS) is 18.8. The second-order valence-electron chi connectivity index (χ2n) is 4.69. The van der Waals surface area contributed by atoms with E-state index in [1.807, 2.05) is 13.0 Å². The summed E-state index contributed by atoms with van der Waals surface area (Å²) < 4.78 is 0.739. The summed E-state index contributed by atoms with van der Waals surface area (Å²) in [6, 6.07) is 6.74. The Balaban J connectivity index is 2.03. The Morgan fingerprint density at radius 1 is 1.43 bits per heavy atom. The van der Waals surface area contributed by atoms with Gasteiger partial charge in [0.2, 0.25) is 17.7 Å². The monoisotopic (exact) mass is 353 g/mol. The molecule has 1 unspecified atom stereocenters. The molecule has 7 heteroatoms. The summed E-state index contributed by atoms with van der Waals surface area (Å²) >= 11 is 3.32. The average Bonchev–Trinajstić information content (AvgIpc) is 2.46. The van der Waals surface area contributed by atoms with Gasteiger partial charge in [-0.25, -0.2) is 0 Å². The Hall–Kier alpha value is -1.73. The predicted molar refractivity (Wildman–Crippen MR) is 81.6 cm³/mol. The molecule has 1 aromatic carbocycles. The van der Waals surface area contributed by atoms with Crippen LogP contribution in [0.2, 0.25) is 0 Å². The van der Waals surface area contributed by atoms with Crippen LogP contribution < -0.4 is 10.6 Å². The predicted octanol–water partition coefficient (Wildman–Crippen LogP) is 1.12. The molecule has 6 nitrogen and oxygen atoms in total. The minimum Gasteiger partial charge on any atom is -0.324 e. The number of nitrogens with zero attached hydrogens (tertiary/aromatic N) is 1. The highest BCUT2D eigenvalue weighted by Gasteiger charge is 2.33. The van der Waals surface area contributed by atoms with Gasteiger partial charge in [0.25, 0.3) is 0 Å². The highest BCUT2D eigenvalue weighted by atomic mass is 79.9. The number of para-hydroxylation sites is 1. The van der Waals surface area contributed by atoms with Gasteiger partial charge in [0.1, 0.15) is 6.54 Å². The van der Waals surface area contributed by atoms with E-state index in [9.17, 15) is 14.4 Å². The molecule has 0 spiro atoms. The van der Waals surface area contributed by atoms with Gasteiger partial charge in [-0.1, -0.05) is 19.1 Å². The number of rotatable bonds is 4. The molecule has 2 rings (SSSR count). The van der Waals surface area contributed by atoms with Gasteiger partial charge >= 0.3 is 0 Å². The number of carbonyl (C=O) groups excluding carboxylic acids is 3. The first-order chi connectivity index (χ1) is 10.0. The Labute approximate surface area is 131 Å².